The summed E-state index contributed by atoms with van der Waals surface area (Å²) in [4.78, 5) is 16.6. The van der Waals surface area contributed by atoms with Gasteiger partial charge in [-0.1, -0.05) is 42.5 Å². The molecule has 0 fully saturated rings. The third-order valence-electron chi connectivity index (χ3n) is 4.39. The quantitative estimate of drug-likeness (QED) is 0.936. The van der Waals surface area contributed by atoms with Gasteiger partial charge >= 0.3 is 6.03 Å². The molecule has 0 spiro atoms. The van der Waals surface area contributed by atoms with Crippen LogP contribution in [0.25, 0.3) is 0 Å². The van der Waals surface area contributed by atoms with E-state index in [9.17, 15) is 4.79 Å². The van der Waals surface area contributed by atoms with E-state index in [1.165, 1.54) is 11.1 Å². The maximum atomic E-state index is 12.6. The Balaban J connectivity index is 1.62. The van der Waals surface area contributed by atoms with Crippen molar-refractivity contribution < 1.29 is 4.79 Å². The van der Waals surface area contributed by atoms with E-state index in [1.807, 2.05) is 23.1 Å². The molecule has 1 unspecified atom stereocenters. The number of para-hydroxylation sites is 1. The Kier molecular flexibility index (Phi) is 4.86. The Morgan fingerprint density at radius 3 is 2.50 bits per heavy atom. The molecule has 1 aliphatic heterocycles. The first-order valence-corrected chi connectivity index (χ1v) is 8.42. The van der Waals surface area contributed by atoms with Gasteiger partial charge in [0.2, 0.25) is 0 Å². The number of nitrogens with one attached hydrogen (secondary N) is 1. The highest BCUT2D eigenvalue weighted by molar-refractivity contribution is 5.94. The zero-order valence-electron chi connectivity index (χ0n) is 14.6. The molecule has 2 aromatic carbocycles. The van der Waals surface area contributed by atoms with Gasteiger partial charge in [-0.3, -0.25) is 4.90 Å². The topological polar surface area (TPSA) is 35.6 Å². The smallest absolute Gasteiger partial charge is 0.322 e. The molecule has 3 rings (SSSR count). The minimum absolute atomic E-state index is 0.0233. The van der Waals surface area contributed by atoms with Crippen LogP contribution in [-0.4, -0.2) is 31.1 Å². The number of hydrogen-bond donors (Lipinski definition) is 1. The Hall–Kier alpha value is -2.33. The fourth-order valence-electron chi connectivity index (χ4n) is 3.27. The second-order valence-electron chi connectivity index (χ2n) is 6.76. The van der Waals surface area contributed by atoms with Crippen molar-refractivity contribution in [2.75, 3.05) is 19.0 Å². The Morgan fingerprint density at radius 2 is 1.79 bits per heavy atom. The lowest BCUT2D eigenvalue weighted by atomic mass is 10.1. The molecule has 1 N–H and O–H groups in total. The molecule has 0 aliphatic carbocycles. The Labute approximate surface area is 144 Å². The molecular weight excluding hydrogens is 298 g/mol. The SMILES string of the molecule is CC1Cc2ccccc2N1C(=O)NCc1ccc(CN(C)C)cc1. The van der Waals surface area contributed by atoms with E-state index in [-0.39, 0.29) is 12.1 Å². The standard InChI is InChI=1S/C20H25N3O/c1-15-12-18-6-4-5-7-19(18)23(15)20(24)21-13-16-8-10-17(11-9-16)14-22(2)3/h4-11,15H,12-14H2,1-3H3,(H,21,24). The highest BCUT2D eigenvalue weighted by Gasteiger charge is 2.30. The van der Waals surface area contributed by atoms with Crippen LogP contribution < -0.4 is 10.2 Å². The van der Waals surface area contributed by atoms with Crippen molar-refractivity contribution >= 4 is 11.7 Å². The number of urea groups is 1. The lowest BCUT2D eigenvalue weighted by Gasteiger charge is -2.23. The Bertz CT molecular complexity index is 709. The minimum Gasteiger partial charge on any atom is -0.334 e. The van der Waals surface area contributed by atoms with Crippen LogP contribution in [0.1, 0.15) is 23.6 Å². The highest BCUT2D eigenvalue weighted by Crippen LogP contribution is 2.31. The molecule has 2 aromatic rings. The van der Waals surface area contributed by atoms with Crippen molar-refractivity contribution in [2.24, 2.45) is 0 Å². The minimum atomic E-state index is -0.0233. The van der Waals surface area contributed by atoms with Gasteiger partial charge in [0.1, 0.15) is 0 Å². The van der Waals surface area contributed by atoms with E-state index in [0.717, 1.165) is 24.2 Å². The van der Waals surface area contributed by atoms with Crippen LogP contribution in [0.2, 0.25) is 0 Å². The summed E-state index contributed by atoms with van der Waals surface area (Å²) in [6.07, 6.45) is 0.919. The van der Waals surface area contributed by atoms with Crippen LogP contribution in [0.3, 0.4) is 0 Å². The second kappa shape index (κ2) is 7.05. The third kappa shape index (κ3) is 3.60. The summed E-state index contributed by atoms with van der Waals surface area (Å²) in [6, 6.07) is 16.7. The molecule has 2 amide bonds. The molecule has 0 radical (unpaired) electrons. The molecular formula is C20H25N3O. The normalized spacial score (nSPS) is 16.3. The molecule has 0 saturated carbocycles. The molecule has 4 heteroatoms. The number of anilines is 1. The van der Waals surface area contributed by atoms with Gasteiger partial charge in [-0.2, -0.15) is 0 Å². The lowest BCUT2D eigenvalue weighted by molar-refractivity contribution is 0.244. The maximum Gasteiger partial charge on any atom is 0.322 e. The molecule has 0 saturated heterocycles. The van der Waals surface area contributed by atoms with Crippen molar-refractivity contribution in [1.29, 1.82) is 0 Å². The summed E-state index contributed by atoms with van der Waals surface area (Å²) in [5.74, 6) is 0. The number of carbonyl (C=O) groups excluding carboxylic acids is 1. The average molecular weight is 323 g/mol. The number of benzene rings is 2. The molecule has 4 nitrogen and oxygen atoms in total. The van der Waals surface area contributed by atoms with E-state index in [1.54, 1.807) is 0 Å². The monoisotopic (exact) mass is 323 g/mol. The summed E-state index contributed by atoms with van der Waals surface area (Å²) >= 11 is 0. The number of nitrogens with zero attached hydrogens (tertiary/aromatic N) is 2. The predicted octanol–water partition coefficient (Wildman–Crippen LogP) is 3.41. The van der Waals surface area contributed by atoms with Crippen LogP contribution in [0, 0.1) is 0 Å². The average Bonchev–Trinajstić information content (AvgIpc) is 2.89. The predicted molar refractivity (Wildman–Crippen MR) is 98.2 cm³/mol. The van der Waals surface area contributed by atoms with E-state index in [4.69, 9.17) is 0 Å². The number of rotatable bonds is 4. The maximum absolute atomic E-state index is 12.6. The van der Waals surface area contributed by atoms with Crippen LogP contribution in [0.4, 0.5) is 10.5 Å². The molecule has 1 heterocycles. The van der Waals surface area contributed by atoms with Crippen LogP contribution in [-0.2, 0) is 19.5 Å². The van der Waals surface area contributed by atoms with Crippen LogP contribution in [0.15, 0.2) is 48.5 Å². The van der Waals surface area contributed by atoms with Gasteiger partial charge in [-0.05, 0) is 50.2 Å². The largest absolute Gasteiger partial charge is 0.334 e. The first kappa shape index (κ1) is 16.5. The van der Waals surface area contributed by atoms with Crippen LogP contribution >= 0.6 is 0 Å². The molecule has 0 aromatic heterocycles. The fraction of sp³-hybridized carbons (Fsp3) is 0.350. The van der Waals surface area contributed by atoms with E-state index >= 15 is 0 Å². The van der Waals surface area contributed by atoms with Gasteiger partial charge in [0, 0.05) is 24.8 Å². The summed E-state index contributed by atoms with van der Waals surface area (Å²) in [5, 5.41) is 3.05. The van der Waals surface area contributed by atoms with Gasteiger partial charge in [0.15, 0.2) is 0 Å². The Morgan fingerprint density at radius 1 is 1.12 bits per heavy atom. The van der Waals surface area contributed by atoms with E-state index in [2.05, 4.69) is 61.6 Å². The summed E-state index contributed by atoms with van der Waals surface area (Å²) in [6.45, 7) is 3.57. The van der Waals surface area contributed by atoms with Crippen molar-refractivity contribution in [2.45, 2.75) is 32.5 Å². The number of fused-ring (bicyclic) bond motifs is 1. The number of amides is 2. The highest BCUT2D eigenvalue weighted by atomic mass is 16.2. The summed E-state index contributed by atoms with van der Waals surface area (Å²) in [5.41, 5.74) is 4.67. The molecule has 0 bridgehead atoms. The second-order valence-corrected chi connectivity index (χ2v) is 6.76. The van der Waals surface area contributed by atoms with E-state index in [0.29, 0.717) is 6.54 Å². The van der Waals surface area contributed by atoms with Crippen molar-refractivity contribution in [3.63, 3.8) is 0 Å². The lowest BCUT2D eigenvalue weighted by Crippen LogP contribution is -2.42. The van der Waals surface area contributed by atoms with Gasteiger partial charge in [-0.25, -0.2) is 4.79 Å². The molecule has 1 atom stereocenters. The fourth-order valence-corrected chi connectivity index (χ4v) is 3.27. The first-order valence-electron chi connectivity index (χ1n) is 8.42. The number of carbonyl (C=O) groups is 1. The van der Waals surface area contributed by atoms with Crippen molar-refractivity contribution in [1.82, 2.24) is 10.2 Å². The van der Waals surface area contributed by atoms with Gasteiger partial charge < -0.3 is 10.2 Å². The van der Waals surface area contributed by atoms with Gasteiger partial charge in [0.05, 0.1) is 0 Å². The third-order valence-corrected chi connectivity index (χ3v) is 4.39. The molecule has 24 heavy (non-hydrogen) atoms. The first-order chi connectivity index (χ1) is 11.5. The van der Waals surface area contributed by atoms with Gasteiger partial charge in [0.25, 0.3) is 0 Å². The number of hydrogen-bond acceptors (Lipinski definition) is 2. The molecule has 126 valence electrons. The summed E-state index contributed by atoms with van der Waals surface area (Å²) in [7, 11) is 4.12. The van der Waals surface area contributed by atoms with Crippen molar-refractivity contribution in [3.8, 4) is 0 Å². The summed E-state index contributed by atoms with van der Waals surface area (Å²) < 4.78 is 0. The van der Waals surface area contributed by atoms with Gasteiger partial charge in [-0.15, -0.1) is 0 Å². The van der Waals surface area contributed by atoms with Crippen LogP contribution in [0.5, 0.6) is 0 Å². The van der Waals surface area contributed by atoms with E-state index < -0.39 is 0 Å². The zero-order chi connectivity index (χ0) is 17.1. The van der Waals surface area contributed by atoms with Crippen molar-refractivity contribution in [3.05, 3.63) is 65.2 Å². The zero-order valence-corrected chi connectivity index (χ0v) is 14.6. The molecule has 1 aliphatic rings.